The lowest BCUT2D eigenvalue weighted by Crippen LogP contribution is -2.34. The molecule has 1 heterocycles. The molecule has 0 aromatic carbocycles. The van der Waals surface area contributed by atoms with Gasteiger partial charge >= 0.3 is 0 Å². The summed E-state index contributed by atoms with van der Waals surface area (Å²) in [5.74, 6) is -1.60. The zero-order chi connectivity index (χ0) is 25.4. The summed E-state index contributed by atoms with van der Waals surface area (Å²) in [6.45, 7) is 5.51. The van der Waals surface area contributed by atoms with Crippen molar-refractivity contribution < 1.29 is 29.0 Å². The minimum atomic E-state index is -0.770. The number of aliphatic hydroxyl groups excluding tert-OH is 1. The van der Waals surface area contributed by atoms with E-state index in [4.69, 9.17) is 17.7 Å². The molecule has 0 spiro atoms. The summed E-state index contributed by atoms with van der Waals surface area (Å²) in [7, 11) is 5.55. The average molecular weight is 479 g/mol. The van der Waals surface area contributed by atoms with E-state index < -0.39 is 11.7 Å². The molecule has 1 rings (SSSR count). The highest BCUT2D eigenvalue weighted by atomic mass is 16.5. The van der Waals surface area contributed by atoms with Gasteiger partial charge < -0.3 is 20.5 Å². The molecule has 0 bridgehead atoms. The van der Waals surface area contributed by atoms with Crippen molar-refractivity contribution in [1.82, 2.24) is 15.5 Å². The average Bonchev–Trinajstić information content (AvgIpc) is 3.01. The van der Waals surface area contributed by atoms with Gasteiger partial charge in [0.25, 0.3) is 0 Å². The molecule has 1 atom stereocenters. The van der Waals surface area contributed by atoms with Gasteiger partial charge in [-0.3, -0.25) is 24.1 Å². The summed E-state index contributed by atoms with van der Waals surface area (Å²) in [5.41, 5.74) is -0.378. The van der Waals surface area contributed by atoms with Crippen molar-refractivity contribution in [3.63, 3.8) is 0 Å². The van der Waals surface area contributed by atoms with Gasteiger partial charge in [-0.1, -0.05) is 32.1 Å². The number of unbranched alkanes of at least 4 members (excludes halogenated alkanes) is 6. The Hall–Kier alpha value is -1.94. The van der Waals surface area contributed by atoms with Crippen LogP contribution in [0.4, 0.5) is 0 Å². The van der Waals surface area contributed by atoms with Gasteiger partial charge in [0.2, 0.25) is 23.6 Å². The number of aliphatic hydroxyl groups is 1. The van der Waals surface area contributed by atoms with Gasteiger partial charge in [0.1, 0.15) is 0 Å². The zero-order valence-electron chi connectivity index (χ0n) is 20.9. The molecule has 0 aliphatic carbocycles. The smallest absolute Gasteiger partial charge is 0.229 e. The molecule has 0 aromatic rings. The molecular weight excluding hydrogens is 437 g/mol. The first kappa shape index (κ1) is 30.1. The van der Waals surface area contributed by atoms with Crippen molar-refractivity contribution in [2.24, 2.45) is 0 Å². The summed E-state index contributed by atoms with van der Waals surface area (Å²) >= 11 is 0. The van der Waals surface area contributed by atoms with E-state index in [1.165, 1.54) is 0 Å². The van der Waals surface area contributed by atoms with Crippen molar-refractivity contribution in [1.29, 1.82) is 0 Å². The maximum absolute atomic E-state index is 11.9. The molecule has 1 aliphatic rings. The van der Waals surface area contributed by atoms with Crippen LogP contribution >= 0.6 is 0 Å². The predicted molar refractivity (Wildman–Crippen MR) is 130 cm³/mol. The molecular formula is C24H42BN3O6. The normalized spacial score (nSPS) is 16.2. The van der Waals surface area contributed by atoms with E-state index in [0.29, 0.717) is 32.5 Å². The molecule has 34 heavy (non-hydrogen) atoms. The summed E-state index contributed by atoms with van der Waals surface area (Å²) in [4.78, 5) is 48.1. The highest BCUT2D eigenvalue weighted by Crippen LogP contribution is 2.21. The lowest BCUT2D eigenvalue weighted by atomic mass is 9.86. The van der Waals surface area contributed by atoms with E-state index in [-0.39, 0.29) is 49.3 Å². The number of hydrogen-bond acceptors (Lipinski definition) is 6. The highest BCUT2D eigenvalue weighted by Gasteiger charge is 2.34. The van der Waals surface area contributed by atoms with Crippen molar-refractivity contribution in [2.75, 3.05) is 32.8 Å². The van der Waals surface area contributed by atoms with Crippen LogP contribution in [-0.4, -0.2) is 79.9 Å². The Morgan fingerprint density at radius 1 is 1.00 bits per heavy atom. The van der Waals surface area contributed by atoms with E-state index >= 15 is 0 Å². The molecule has 0 aromatic heterocycles. The Kier molecular flexibility index (Phi) is 14.7. The van der Waals surface area contributed by atoms with Gasteiger partial charge in [-0.05, 0) is 33.1 Å². The molecule has 4 amide bonds. The van der Waals surface area contributed by atoms with Crippen LogP contribution in [0.15, 0.2) is 0 Å². The molecule has 1 aliphatic heterocycles. The summed E-state index contributed by atoms with van der Waals surface area (Å²) in [6.07, 6.45) is 8.26. The largest absolute Gasteiger partial charge is 0.396 e. The Bertz CT molecular complexity index is 659. The van der Waals surface area contributed by atoms with Crippen LogP contribution in [0.25, 0.3) is 0 Å². The summed E-state index contributed by atoms with van der Waals surface area (Å²) < 4.78 is 5.65. The lowest BCUT2D eigenvalue weighted by Gasteiger charge is -2.24. The predicted octanol–water partition coefficient (Wildman–Crippen LogP) is 1.62. The fourth-order valence-electron chi connectivity index (χ4n) is 3.72. The number of rotatable bonds is 19. The van der Waals surface area contributed by atoms with Gasteiger partial charge in [0.05, 0.1) is 20.1 Å². The number of nitrogens with zero attached hydrogens (tertiary/aromatic N) is 1. The summed E-state index contributed by atoms with van der Waals surface area (Å²) in [5, 5.41) is 14.6. The first-order chi connectivity index (χ1) is 16.2. The highest BCUT2D eigenvalue weighted by molar-refractivity contribution is 6.29. The molecule has 9 nitrogen and oxygen atoms in total. The van der Waals surface area contributed by atoms with Crippen molar-refractivity contribution >= 4 is 31.5 Å². The van der Waals surface area contributed by atoms with Crippen LogP contribution in [-0.2, 0) is 23.9 Å². The van der Waals surface area contributed by atoms with Crippen LogP contribution in [0, 0.1) is 0 Å². The Morgan fingerprint density at radius 3 is 2.21 bits per heavy atom. The van der Waals surface area contributed by atoms with E-state index in [2.05, 4.69) is 10.6 Å². The molecule has 10 heteroatoms. The second kappa shape index (κ2) is 16.7. The lowest BCUT2D eigenvalue weighted by molar-refractivity contribution is -0.138. The van der Waals surface area contributed by atoms with Gasteiger partial charge in [-0.15, -0.1) is 0 Å². The first-order valence-corrected chi connectivity index (χ1v) is 12.5. The topological polar surface area (TPSA) is 125 Å². The molecule has 1 saturated heterocycles. The van der Waals surface area contributed by atoms with Crippen molar-refractivity contribution in [2.45, 2.75) is 95.9 Å². The van der Waals surface area contributed by atoms with Gasteiger partial charge in [0.15, 0.2) is 0 Å². The maximum Gasteiger partial charge on any atom is 0.229 e. The number of imide groups is 1. The molecule has 192 valence electrons. The number of hydrogen-bond donors (Lipinski definition) is 3. The maximum atomic E-state index is 11.9. The number of likely N-dealkylation sites (tertiary alicyclic amines) is 1. The fourth-order valence-corrected chi connectivity index (χ4v) is 3.72. The molecule has 2 radical (unpaired) electrons. The minimum Gasteiger partial charge on any atom is -0.396 e. The number of amides is 4. The third-order valence-corrected chi connectivity index (χ3v) is 5.87. The van der Waals surface area contributed by atoms with E-state index in [1.807, 2.05) is 13.8 Å². The second-order valence-corrected chi connectivity index (χ2v) is 9.45. The van der Waals surface area contributed by atoms with Crippen LogP contribution in [0.2, 0.25) is 5.82 Å². The number of carbonyl (C=O) groups is 4. The van der Waals surface area contributed by atoms with Gasteiger partial charge in [-0.25, -0.2) is 0 Å². The Morgan fingerprint density at radius 2 is 1.59 bits per heavy atom. The van der Waals surface area contributed by atoms with Crippen LogP contribution in [0.3, 0.4) is 0 Å². The van der Waals surface area contributed by atoms with Crippen LogP contribution in [0.1, 0.15) is 84.5 Å². The minimum absolute atomic E-state index is 0.0223. The van der Waals surface area contributed by atoms with E-state index in [1.54, 1.807) is 0 Å². The van der Waals surface area contributed by atoms with E-state index in [9.17, 15) is 19.2 Å². The molecule has 0 saturated carbocycles. The van der Waals surface area contributed by atoms with Crippen molar-refractivity contribution in [3.8, 4) is 0 Å². The molecule has 1 unspecified atom stereocenters. The number of carbonyl (C=O) groups excluding carboxylic acids is 4. The number of nitrogens with one attached hydrogen (secondary N) is 2. The van der Waals surface area contributed by atoms with Crippen LogP contribution < -0.4 is 10.6 Å². The third kappa shape index (κ3) is 13.1. The quantitative estimate of drug-likeness (QED) is 0.147. The molecule has 1 fully saturated rings. The SMILES string of the molecule is [B]C1CC(=O)N(CCC(=O)NCCCCCCCCCC(=O)NCCOC(C)(C)CCO)C1=O. The Balaban J connectivity index is 1.89. The van der Waals surface area contributed by atoms with Crippen molar-refractivity contribution in [3.05, 3.63) is 0 Å². The van der Waals surface area contributed by atoms with Gasteiger partial charge in [-0.2, -0.15) is 0 Å². The second-order valence-electron chi connectivity index (χ2n) is 9.45. The summed E-state index contributed by atoms with van der Waals surface area (Å²) in [6, 6.07) is 0. The van der Waals surface area contributed by atoms with Crippen LogP contribution in [0.5, 0.6) is 0 Å². The number of ether oxygens (including phenoxy) is 1. The van der Waals surface area contributed by atoms with E-state index in [0.717, 1.165) is 49.8 Å². The Labute approximate surface area is 205 Å². The zero-order valence-corrected chi connectivity index (χ0v) is 20.9. The van der Waals surface area contributed by atoms with Gasteiger partial charge in [0, 0.05) is 51.3 Å². The fraction of sp³-hybridized carbons (Fsp3) is 0.833. The first-order valence-electron chi connectivity index (χ1n) is 12.5. The molecule has 3 N–H and O–H groups in total. The standard InChI is InChI=1S/C24H42BN3O6/c1-24(2,12-16-29)34-17-14-27-20(30)10-8-6-4-3-5-7-9-13-26-21(31)11-15-28-22(32)18-19(25)23(28)33/h19,29H,3-18H2,1-2H3,(H,26,31)(H,27,30). The monoisotopic (exact) mass is 479 g/mol. The third-order valence-electron chi connectivity index (χ3n) is 5.87.